The number of rotatable bonds is 5. The van der Waals surface area contributed by atoms with E-state index in [9.17, 15) is 16.8 Å². The summed E-state index contributed by atoms with van der Waals surface area (Å²) >= 11 is 0. The third-order valence-corrected chi connectivity index (χ3v) is 10.3. The molecule has 184 valence electrons. The topological polar surface area (TPSA) is 80.8 Å². The average Bonchev–Trinajstić information content (AvgIpc) is 2.58. The molecule has 0 aromatic heterocycles. The summed E-state index contributed by atoms with van der Waals surface area (Å²) in [5.74, 6) is 0. The lowest BCUT2D eigenvalue weighted by Crippen LogP contribution is -2.37. The van der Waals surface area contributed by atoms with Gasteiger partial charge >= 0.3 is 0 Å². The molecule has 0 unspecified atom stereocenters. The Balaban J connectivity index is 2.75. The van der Waals surface area contributed by atoms with E-state index in [2.05, 4.69) is 0 Å². The molecule has 0 atom stereocenters. The van der Waals surface area contributed by atoms with Gasteiger partial charge < -0.3 is 0 Å². The Morgan fingerprint density at radius 2 is 0.848 bits per heavy atom. The van der Waals surface area contributed by atoms with E-state index < -0.39 is 20.0 Å². The molecule has 0 saturated carbocycles. The van der Waals surface area contributed by atoms with Gasteiger partial charge in [0.05, 0.1) is 16.9 Å². The van der Waals surface area contributed by atoms with Gasteiger partial charge in [-0.2, -0.15) is 0 Å². The lowest BCUT2D eigenvalue weighted by atomic mass is 9.85. The van der Waals surface area contributed by atoms with Crippen molar-refractivity contribution in [3.8, 4) is 0 Å². The molecule has 33 heavy (non-hydrogen) atoms. The molecule has 2 aromatic rings. The number of nitrogens with zero attached hydrogens (tertiary/aromatic N) is 1. The monoisotopic (exact) mass is 495 g/mol. The van der Waals surface area contributed by atoms with Gasteiger partial charge in [0.1, 0.15) is 0 Å². The molecule has 0 saturated heterocycles. The maximum absolute atomic E-state index is 13.7. The number of hydrogen-bond donors (Lipinski definition) is 0. The molecule has 0 aliphatic carbocycles. The summed E-state index contributed by atoms with van der Waals surface area (Å²) < 4.78 is 54.8. The Bertz CT molecular complexity index is 1130. The summed E-state index contributed by atoms with van der Waals surface area (Å²) in [6.45, 7) is 18.9. The predicted octanol–water partition coefficient (Wildman–Crippen LogP) is 5.46. The second-order valence-electron chi connectivity index (χ2n) is 10.7. The SMILES string of the molecule is CON(S(=O)(=O)c1c(C)cc(C(C)(C)C)cc1C)S(=O)(=O)c1c(C)cc(C(C)(C)C)cc1C. The first-order chi connectivity index (χ1) is 14.8. The smallest absolute Gasteiger partial charge is 0.273 e. The van der Waals surface area contributed by atoms with Gasteiger partial charge in [-0.15, -0.1) is 0 Å². The van der Waals surface area contributed by atoms with Crippen molar-refractivity contribution >= 4 is 20.0 Å². The molecule has 0 aliphatic heterocycles. The Morgan fingerprint density at radius 1 is 0.606 bits per heavy atom. The highest BCUT2D eigenvalue weighted by molar-refractivity contribution is 8.03. The summed E-state index contributed by atoms with van der Waals surface area (Å²) in [4.78, 5) is 4.93. The minimum Gasteiger partial charge on any atom is -0.273 e. The first-order valence-electron chi connectivity index (χ1n) is 10.8. The zero-order valence-electron chi connectivity index (χ0n) is 21.6. The van der Waals surface area contributed by atoms with Gasteiger partial charge in [-0.25, -0.2) is 16.8 Å². The molecule has 0 heterocycles. The van der Waals surface area contributed by atoms with E-state index >= 15 is 0 Å². The van der Waals surface area contributed by atoms with E-state index in [0.717, 1.165) is 18.2 Å². The molecule has 0 radical (unpaired) electrons. The number of benzene rings is 2. The van der Waals surface area contributed by atoms with Crippen molar-refractivity contribution in [2.45, 2.75) is 89.9 Å². The van der Waals surface area contributed by atoms with Crippen molar-refractivity contribution in [1.29, 1.82) is 0 Å². The second kappa shape index (κ2) is 8.80. The van der Waals surface area contributed by atoms with Gasteiger partial charge in [-0.05, 0) is 71.9 Å². The van der Waals surface area contributed by atoms with Crippen LogP contribution < -0.4 is 0 Å². The molecule has 0 amide bonds. The molecule has 2 rings (SSSR count). The quantitative estimate of drug-likeness (QED) is 0.515. The first kappa shape index (κ1) is 27.5. The van der Waals surface area contributed by atoms with Crippen molar-refractivity contribution in [2.75, 3.05) is 7.11 Å². The molecule has 8 heteroatoms. The molecular formula is C25H37NO5S2. The van der Waals surface area contributed by atoms with Gasteiger partial charge in [0.15, 0.2) is 0 Å². The van der Waals surface area contributed by atoms with Crippen molar-refractivity contribution in [2.24, 2.45) is 0 Å². The van der Waals surface area contributed by atoms with Crippen LogP contribution in [0.15, 0.2) is 34.1 Å². The summed E-state index contributed by atoms with van der Waals surface area (Å²) in [6.07, 6.45) is 0. The lowest BCUT2D eigenvalue weighted by Gasteiger charge is -2.26. The molecule has 0 N–H and O–H groups in total. The normalized spacial score (nSPS) is 13.6. The molecule has 0 aliphatic rings. The summed E-state index contributed by atoms with van der Waals surface area (Å²) in [5.41, 5.74) is 3.42. The van der Waals surface area contributed by atoms with Crippen LogP contribution in [0.4, 0.5) is 0 Å². The van der Waals surface area contributed by atoms with E-state index in [1.54, 1.807) is 52.0 Å². The van der Waals surface area contributed by atoms with Crippen molar-refractivity contribution in [3.05, 3.63) is 57.6 Å². The minimum atomic E-state index is -4.53. The van der Waals surface area contributed by atoms with Gasteiger partial charge in [-0.3, -0.25) is 4.84 Å². The molecule has 0 spiro atoms. The van der Waals surface area contributed by atoms with E-state index in [-0.39, 0.29) is 24.5 Å². The van der Waals surface area contributed by atoms with Crippen molar-refractivity contribution in [3.63, 3.8) is 0 Å². The van der Waals surface area contributed by atoms with E-state index in [1.165, 1.54) is 0 Å². The molecule has 6 nitrogen and oxygen atoms in total. The first-order valence-corrected chi connectivity index (χ1v) is 13.7. The highest BCUT2D eigenvalue weighted by atomic mass is 32.3. The summed E-state index contributed by atoms with van der Waals surface area (Å²) in [6, 6.07) is 7.15. The van der Waals surface area contributed by atoms with Crippen LogP contribution in [-0.2, 0) is 35.7 Å². The van der Waals surface area contributed by atoms with Crippen molar-refractivity contribution < 1.29 is 21.7 Å². The van der Waals surface area contributed by atoms with Gasteiger partial charge in [0.2, 0.25) is 0 Å². The number of aryl methyl sites for hydroxylation is 4. The van der Waals surface area contributed by atoms with Crippen LogP contribution in [-0.4, -0.2) is 27.8 Å². The van der Waals surface area contributed by atoms with Crippen LogP contribution >= 0.6 is 0 Å². The maximum Gasteiger partial charge on any atom is 0.279 e. The third kappa shape index (κ3) is 5.19. The molecule has 0 fully saturated rings. The Morgan fingerprint density at radius 3 is 1.03 bits per heavy atom. The summed E-state index contributed by atoms with van der Waals surface area (Å²) in [7, 11) is -8.01. The highest BCUT2D eigenvalue weighted by Crippen LogP contribution is 2.35. The predicted molar refractivity (Wildman–Crippen MR) is 132 cm³/mol. The fraction of sp³-hybridized carbons (Fsp3) is 0.520. The number of hydrogen-bond acceptors (Lipinski definition) is 5. The maximum atomic E-state index is 13.7. The van der Waals surface area contributed by atoms with Gasteiger partial charge in [-0.1, -0.05) is 65.8 Å². The lowest BCUT2D eigenvalue weighted by molar-refractivity contribution is 0.0289. The fourth-order valence-electron chi connectivity index (χ4n) is 4.05. The van der Waals surface area contributed by atoms with Gasteiger partial charge in [0, 0.05) is 3.87 Å². The highest BCUT2D eigenvalue weighted by Gasteiger charge is 2.41. The van der Waals surface area contributed by atoms with E-state index in [4.69, 9.17) is 4.84 Å². The standard InChI is InChI=1S/C25H37NO5S2/c1-16-12-20(24(5,6)7)13-17(2)22(16)32(27,28)26(31-11)33(29,30)23-18(3)14-21(15-19(23)4)25(8,9)10/h12-15H,1-11H3. The van der Waals surface area contributed by atoms with E-state index in [1.807, 2.05) is 41.5 Å². The average molecular weight is 496 g/mol. The van der Waals surface area contributed by atoms with Crippen LogP contribution in [0.5, 0.6) is 0 Å². The number of sulfonamides is 2. The Hall–Kier alpha value is -1.74. The van der Waals surface area contributed by atoms with Gasteiger partial charge in [0.25, 0.3) is 20.0 Å². The zero-order chi connectivity index (χ0) is 25.7. The van der Waals surface area contributed by atoms with Crippen LogP contribution in [0.3, 0.4) is 0 Å². The van der Waals surface area contributed by atoms with Crippen LogP contribution in [0, 0.1) is 27.7 Å². The minimum absolute atomic E-state index is 0.0671. The van der Waals surface area contributed by atoms with Crippen molar-refractivity contribution in [1.82, 2.24) is 3.87 Å². The van der Waals surface area contributed by atoms with Crippen LogP contribution in [0.25, 0.3) is 0 Å². The second-order valence-corrected chi connectivity index (χ2v) is 14.3. The summed E-state index contributed by atoms with van der Waals surface area (Å²) in [5, 5.41) is 0. The van der Waals surface area contributed by atoms with E-state index in [0.29, 0.717) is 22.3 Å². The van der Waals surface area contributed by atoms with Crippen LogP contribution in [0.1, 0.15) is 74.9 Å². The molecule has 0 bridgehead atoms. The third-order valence-electron chi connectivity index (χ3n) is 5.71. The zero-order valence-corrected chi connectivity index (χ0v) is 23.2. The Kier molecular flexibility index (Phi) is 7.33. The molecular weight excluding hydrogens is 458 g/mol. The largest absolute Gasteiger partial charge is 0.279 e. The molecule has 2 aromatic carbocycles. The van der Waals surface area contributed by atoms with Crippen LogP contribution in [0.2, 0.25) is 0 Å². The fourth-order valence-corrected chi connectivity index (χ4v) is 8.09. The Labute approximate surface area is 200 Å².